The highest BCUT2D eigenvalue weighted by atomic mass is 35.5. The molecule has 1 aliphatic carbocycles. The minimum Gasteiger partial charge on any atom is -0.479 e. The van der Waals surface area contributed by atoms with E-state index in [1.54, 1.807) is 19.1 Å². The molecule has 1 amide bonds. The number of carbonyl (C=O) groups excluding carboxylic acids is 2. The van der Waals surface area contributed by atoms with Gasteiger partial charge in [-0.25, -0.2) is 0 Å². The predicted molar refractivity (Wildman–Crippen MR) is 81.9 cm³/mol. The lowest BCUT2D eigenvalue weighted by Gasteiger charge is -2.24. The van der Waals surface area contributed by atoms with Gasteiger partial charge in [-0.05, 0) is 38.0 Å². The Morgan fingerprint density at radius 1 is 1.38 bits per heavy atom. The van der Waals surface area contributed by atoms with Crippen LogP contribution in [0.3, 0.4) is 0 Å². The van der Waals surface area contributed by atoms with Gasteiger partial charge in [0.2, 0.25) is 0 Å². The number of hydrogen-bond acceptors (Lipinski definition) is 3. The summed E-state index contributed by atoms with van der Waals surface area (Å²) in [4.78, 5) is 22.8. The highest BCUT2D eigenvalue weighted by Gasteiger charge is 2.21. The Morgan fingerprint density at radius 3 is 2.71 bits per heavy atom. The number of benzene rings is 1. The zero-order chi connectivity index (χ0) is 15.2. The largest absolute Gasteiger partial charge is 0.479 e. The fraction of sp³-hybridized carbons (Fsp3) is 0.500. The molecule has 0 spiro atoms. The fourth-order valence-corrected chi connectivity index (χ4v) is 2.73. The lowest BCUT2D eigenvalue weighted by molar-refractivity contribution is -0.128. The van der Waals surface area contributed by atoms with Crippen LogP contribution in [0.2, 0.25) is 5.02 Å². The lowest BCUT2D eigenvalue weighted by atomic mass is 9.95. The van der Waals surface area contributed by atoms with Crippen molar-refractivity contribution in [3.63, 3.8) is 0 Å². The zero-order valence-corrected chi connectivity index (χ0v) is 12.9. The van der Waals surface area contributed by atoms with E-state index in [4.69, 9.17) is 16.3 Å². The first-order valence-corrected chi connectivity index (χ1v) is 7.69. The quantitative estimate of drug-likeness (QED) is 0.848. The standard InChI is InChI=1S/C16H20ClNO3/c1-11(16(20)18-13-5-3-2-4-6-13)21-15-8-7-12(10-19)9-14(15)17/h7-11,13H,2-6H2,1H3,(H,18,20). The van der Waals surface area contributed by atoms with E-state index in [0.29, 0.717) is 16.3 Å². The van der Waals surface area contributed by atoms with Crippen molar-refractivity contribution in [2.75, 3.05) is 0 Å². The van der Waals surface area contributed by atoms with E-state index in [-0.39, 0.29) is 11.9 Å². The molecule has 5 heteroatoms. The van der Waals surface area contributed by atoms with Crippen LogP contribution in [0.15, 0.2) is 18.2 Å². The third kappa shape index (κ3) is 4.46. The summed E-state index contributed by atoms with van der Waals surface area (Å²) in [5.74, 6) is 0.283. The molecule has 21 heavy (non-hydrogen) atoms. The third-order valence-corrected chi connectivity index (χ3v) is 4.01. The van der Waals surface area contributed by atoms with Crippen molar-refractivity contribution in [1.82, 2.24) is 5.32 Å². The molecule has 4 nitrogen and oxygen atoms in total. The van der Waals surface area contributed by atoms with E-state index >= 15 is 0 Å². The molecule has 0 heterocycles. The molecule has 1 aliphatic rings. The molecule has 1 saturated carbocycles. The maximum absolute atomic E-state index is 12.1. The molecule has 0 bridgehead atoms. The van der Waals surface area contributed by atoms with Crippen molar-refractivity contribution < 1.29 is 14.3 Å². The highest BCUT2D eigenvalue weighted by molar-refractivity contribution is 6.32. The van der Waals surface area contributed by atoms with Gasteiger partial charge in [0.15, 0.2) is 6.10 Å². The Bertz CT molecular complexity index is 512. The fourth-order valence-electron chi connectivity index (χ4n) is 2.50. The topological polar surface area (TPSA) is 55.4 Å². The van der Waals surface area contributed by atoms with Gasteiger partial charge >= 0.3 is 0 Å². The molecule has 0 radical (unpaired) electrons. The normalized spacial score (nSPS) is 17.0. The van der Waals surface area contributed by atoms with Gasteiger partial charge in [0, 0.05) is 11.6 Å². The Kier molecular flexibility index (Phi) is 5.62. The smallest absolute Gasteiger partial charge is 0.260 e. The van der Waals surface area contributed by atoms with Crippen LogP contribution in [0.25, 0.3) is 0 Å². The number of hydrogen-bond donors (Lipinski definition) is 1. The second-order valence-electron chi connectivity index (χ2n) is 5.41. The summed E-state index contributed by atoms with van der Waals surface area (Å²) in [6.07, 6.45) is 5.75. The Hall–Kier alpha value is -1.55. The molecular formula is C16H20ClNO3. The van der Waals surface area contributed by atoms with Crippen LogP contribution in [-0.2, 0) is 4.79 Å². The molecule has 114 valence electrons. The Morgan fingerprint density at radius 2 is 2.10 bits per heavy atom. The van der Waals surface area contributed by atoms with Gasteiger partial charge in [-0.3, -0.25) is 9.59 Å². The summed E-state index contributed by atoms with van der Waals surface area (Å²) in [7, 11) is 0. The first-order chi connectivity index (χ1) is 10.1. The number of halogens is 1. The van der Waals surface area contributed by atoms with Crippen LogP contribution in [-0.4, -0.2) is 24.3 Å². The maximum Gasteiger partial charge on any atom is 0.260 e. The summed E-state index contributed by atoms with van der Waals surface area (Å²) in [6, 6.07) is 5.00. The average Bonchev–Trinajstić information content (AvgIpc) is 2.50. The highest BCUT2D eigenvalue weighted by Crippen LogP contribution is 2.26. The van der Waals surface area contributed by atoms with Crippen molar-refractivity contribution >= 4 is 23.8 Å². The number of rotatable bonds is 5. The maximum atomic E-state index is 12.1. The van der Waals surface area contributed by atoms with E-state index in [9.17, 15) is 9.59 Å². The second kappa shape index (κ2) is 7.46. The van der Waals surface area contributed by atoms with Crippen LogP contribution in [0.5, 0.6) is 5.75 Å². The van der Waals surface area contributed by atoms with Crippen molar-refractivity contribution in [2.45, 2.75) is 51.2 Å². The van der Waals surface area contributed by atoms with Gasteiger partial charge in [0.25, 0.3) is 5.91 Å². The van der Waals surface area contributed by atoms with E-state index in [2.05, 4.69) is 5.32 Å². The average molecular weight is 310 g/mol. The molecule has 2 rings (SSSR count). The second-order valence-corrected chi connectivity index (χ2v) is 5.82. The van der Waals surface area contributed by atoms with Crippen LogP contribution < -0.4 is 10.1 Å². The minimum atomic E-state index is -0.619. The molecule has 1 atom stereocenters. The van der Waals surface area contributed by atoms with E-state index in [1.807, 2.05) is 0 Å². The van der Waals surface area contributed by atoms with Crippen LogP contribution in [0, 0.1) is 0 Å². The van der Waals surface area contributed by atoms with Gasteiger partial charge in [-0.1, -0.05) is 30.9 Å². The third-order valence-electron chi connectivity index (χ3n) is 3.72. The minimum absolute atomic E-state index is 0.127. The van der Waals surface area contributed by atoms with Crippen molar-refractivity contribution in [1.29, 1.82) is 0 Å². The summed E-state index contributed by atoms with van der Waals surface area (Å²) in [5.41, 5.74) is 0.478. The molecule has 0 aromatic heterocycles. The lowest BCUT2D eigenvalue weighted by Crippen LogP contribution is -2.43. The summed E-state index contributed by atoms with van der Waals surface area (Å²) in [6.45, 7) is 1.70. The number of carbonyl (C=O) groups is 2. The Balaban J connectivity index is 1.92. The van der Waals surface area contributed by atoms with E-state index in [1.165, 1.54) is 25.3 Å². The van der Waals surface area contributed by atoms with Gasteiger partial charge in [-0.2, -0.15) is 0 Å². The van der Waals surface area contributed by atoms with E-state index in [0.717, 1.165) is 19.1 Å². The molecule has 1 aromatic rings. The van der Waals surface area contributed by atoms with Crippen LogP contribution in [0.1, 0.15) is 49.4 Å². The van der Waals surface area contributed by atoms with Crippen molar-refractivity contribution in [3.8, 4) is 5.75 Å². The van der Waals surface area contributed by atoms with Gasteiger partial charge < -0.3 is 10.1 Å². The van der Waals surface area contributed by atoms with E-state index < -0.39 is 6.10 Å². The molecule has 1 unspecified atom stereocenters. The molecular weight excluding hydrogens is 290 g/mol. The first kappa shape index (κ1) is 15.8. The summed E-state index contributed by atoms with van der Waals surface area (Å²) in [5, 5.41) is 3.35. The van der Waals surface area contributed by atoms with Crippen molar-refractivity contribution in [2.24, 2.45) is 0 Å². The van der Waals surface area contributed by atoms with Gasteiger partial charge in [0.1, 0.15) is 12.0 Å². The van der Waals surface area contributed by atoms with Crippen LogP contribution >= 0.6 is 11.6 Å². The number of nitrogens with one attached hydrogen (secondary N) is 1. The molecule has 1 fully saturated rings. The predicted octanol–water partition coefficient (Wildman–Crippen LogP) is 3.37. The molecule has 0 aliphatic heterocycles. The van der Waals surface area contributed by atoms with Crippen molar-refractivity contribution in [3.05, 3.63) is 28.8 Å². The number of amides is 1. The zero-order valence-electron chi connectivity index (χ0n) is 12.1. The number of ether oxygens (including phenoxy) is 1. The Labute approximate surface area is 129 Å². The molecule has 1 aromatic carbocycles. The monoisotopic (exact) mass is 309 g/mol. The molecule has 0 saturated heterocycles. The summed E-state index contributed by atoms with van der Waals surface area (Å²) < 4.78 is 5.59. The first-order valence-electron chi connectivity index (χ1n) is 7.32. The van der Waals surface area contributed by atoms with Gasteiger partial charge in [0.05, 0.1) is 5.02 Å². The molecule has 1 N–H and O–H groups in total. The van der Waals surface area contributed by atoms with Gasteiger partial charge in [-0.15, -0.1) is 0 Å². The van der Waals surface area contributed by atoms with Crippen LogP contribution in [0.4, 0.5) is 0 Å². The number of aldehydes is 1. The SMILES string of the molecule is CC(Oc1ccc(C=O)cc1Cl)C(=O)NC1CCCCC1. The summed E-state index contributed by atoms with van der Waals surface area (Å²) >= 11 is 6.03.